The Kier molecular flexibility index (Phi) is 7.41. The molecule has 1 aliphatic heterocycles. The van der Waals surface area contributed by atoms with Gasteiger partial charge in [0.25, 0.3) is 5.91 Å². The lowest BCUT2D eigenvalue weighted by Gasteiger charge is -2.36. The molecule has 38 heavy (non-hydrogen) atoms. The van der Waals surface area contributed by atoms with Gasteiger partial charge in [-0.2, -0.15) is 0 Å². The number of thiophene rings is 1. The third kappa shape index (κ3) is 4.83. The number of aryl methyl sites for hydroxylation is 2. The SMILES string of the molecule is COc1ccc(C(=O)N2CCN(c3nc(C4CCCCC4)nc4sc5c(c34)CCCCC5)CC2)c(OC)c1. The van der Waals surface area contributed by atoms with Crippen molar-refractivity contribution < 1.29 is 14.3 Å². The standard InChI is InChI=1S/C30H38N4O3S/c1-36-21-13-14-22(24(19-21)37-2)30(35)34-17-15-33(16-18-34)28-26-23-11-7-4-8-12-25(23)38-29(26)32-27(31-28)20-9-5-3-6-10-20/h13-14,19-20H,3-12,15-18H2,1-2H3. The van der Waals surface area contributed by atoms with Crippen molar-refractivity contribution in [2.45, 2.75) is 70.1 Å². The van der Waals surface area contributed by atoms with E-state index in [0.717, 1.165) is 31.2 Å². The predicted molar refractivity (Wildman–Crippen MR) is 152 cm³/mol. The number of carbonyl (C=O) groups excluding carboxylic acids is 1. The van der Waals surface area contributed by atoms with E-state index in [4.69, 9.17) is 19.4 Å². The monoisotopic (exact) mass is 534 g/mol. The predicted octanol–water partition coefficient (Wildman–Crippen LogP) is 5.99. The first kappa shape index (κ1) is 25.4. The Morgan fingerprint density at radius 3 is 2.45 bits per heavy atom. The first-order valence-corrected chi connectivity index (χ1v) is 15.1. The van der Waals surface area contributed by atoms with Gasteiger partial charge in [0.05, 0.1) is 25.2 Å². The van der Waals surface area contributed by atoms with Crippen LogP contribution in [0.25, 0.3) is 10.2 Å². The number of nitrogens with zero attached hydrogens (tertiary/aromatic N) is 4. The van der Waals surface area contributed by atoms with Gasteiger partial charge in [0.15, 0.2) is 0 Å². The minimum atomic E-state index is 0.00397. The highest BCUT2D eigenvalue weighted by Gasteiger charge is 2.30. The number of piperazine rings is 1. The number of fused-ring (bicyclic) bond motifs is 3. The van der Waals surface area contributed by atoms with E-state index in [1.54, 1.807) is 26.4 Å². The number of amides is 1. The molecule has 0 N–H and O–H groups in total. The Labute approximate surface area is 229 Å². The van der Waals surface area contributed by atoms with Gasteiger partial charge in [0.1, 0.15) is 28.0 Å². The molecule has 0 bridgehead atoms. The van der Waals surface area contributed by atoms with Gasteiger partial charge < -0.3 is 19.3 Å². The van der Waals surface area contributed by atoms with Crippen molar-refractivity contribution in [3.8, 4) is 11.5 Å². The van der Waals surface area contributed by atoms with Crippen LogP contribution in [-0.2, 0) is 12.8 Å². The first-order chi connectivity index (χ1) is 18.7. The first-order valence-electron chi connectivity index (χ1n) is 14.2. The van der Waals surface area contributed by atoms with Crippen LogP contribution in [0.3, 0.4) is 0 Å². The summed E-state index contributed by atoms with van der Waals surface area (Å²) in [6, 6.07) is 5.40. The second-order valence-corrected chi connectivity index (χ2v) is 11.9. The van der Waals surface area contributed by atoms with Gasteiger partial charge >= 0.3 is 0 Å². The number of ether oxygens (including phenoxy) is 2. The molecule has 0 unspecified atom stereocenters. The molecule has 0 radical (unpaired) electrons. The van der Waals surface area contributed by atoms with Crippen LogP contribution < -0.4 is 14.4 Å². The Bertz CT molecular complexity index is 1310. The maximum Gasteiger partial charge on any atom is 0.257 e. The van der Waals surface area contributed by atoms with Crippen LogP contribution in [0.2, 0.25) is 0 Å². The zero-order valence-electron chi connectivity index (χ0n) is 22.6. The molecule has 2 aromatic heterocycles. The van der Waals surface area contributed by atoms with E-state index < -0.39 is 0 Å². The molecule has 1 saturated heterocycles. The highest BCUT2D eigenvalue weighted by atomic mass is 32.1. The Hall–Kier alpha value is -2.87. The van der Waals surface area contributed by atoms with Gasteiger partial charge in [-0.25, -0.2) is 9.97 Å². The number of methoxy groups -OCH3 is 2. The maximum absolute atomic E-state index is 13.4. The van der Waals surface area contributed by atoms with E-state index >= 15 is 0 Å². The summed E-state index contributed by atoms with van der Waals surface area (Å²) in [5.41, 5.74) is 2.07. The molecule has 8 heteroatoms. The van der Waals surface area contributed by atoms with Crippen LogP contribution in [0.4, 0.5) is 5.82 Å². The van der Waals surface area contributed by atoms with Crippen LogP contribution in [0, 0.1) is 0 Å². The van der Waals surface area contributed by atoms with Crippen LogP contribution in [-0.4, -0.2) is 61.2 Å². The molecule has 0 spiro atoms. The van der Waals surface area contributed by atoms with Gasteiger partial charge in [0.2, 0.25) is 0 Å². The van der Waals surface area contributed by atoms with Crippen LogP contribution in [0.1, 0.15) is 83.9 Å². The molecule has 7 nitrogen and oxygen atoms in total. The van der Waals surface area contributed by atoms with E-state index in [1.165, 1.54) is 78.4 Å². The largest absolute Gasteiger partial charge is 0.497 e. The van der Waals surface area contributed by atoms with Crippen molar-refractivity contribution in [2.24, 2.45) is 0 Å². The molecule has 6 rings (SSSR count). The summed E-state index contributed by atoms with van der Waals surface area (Å²) in [6.45, 7) is 2.85. The maximum atomic E-state index is 13.4. The molecular formula is C30H38N4O3S. The third-order valence-corrected chi connectivity index (χ3v) is 9.72. The second-order valence-electron chi connectivity index (χ2n) is 10.8. The molecule has 1 amide bonds. The van der Waals surface area contributed by atoms with Crippen molar-refractivity contribution in [2.75, 3.05) is 45.3 Å². The van der Waals surface area contributed by atoms with E-state index in [1.807, 2.05) is 22.3 Å². The number of carbonyl (C=O) groups is 1. The molecule has 202 valence electrons. The quantitative estimate of drug-likeness (QED) is 0.375. The zero-order chi connectivity index (χ0) is 26.1. The fourth-order valence-electron chi connectivity index (χ4n) is 6.37. The summed E-state index contributed by atoms with van der Waals surface area (Å²) in [5.74, 6) is 3.87. The fraction of sp³-hybridized carbons (Fsp3) is 0.567. The molecule has 1 aromatic carbocycles. The van der Waals surface area contributed by atoms with E-state index in [0.29, 0.717) is 36.1 Å². The number of aromatic nitrogens is 2. The summed E-state index contributed by atoms with van der Waals surface area (Å²) in [5, 5.41) is 1.29. The van der Waals surface area contributed by atoms with Gasteiger partial charge in [-0.1, -0.05) is 25.7 Å². The molecule has 0 atom stereocenters. The zero-order valence-corrected chi connectivity index (χ0v) is 23.4. The smallest absolute Gasteiger partial charge is 0.257 e. The number of benzene rings is 1. The number of anilines is 1. The van der Waals surface area contributed by atoms with Crippen molar-refractivity contribution >= 4 is 33.3 Å². The lowest BCUT2D eigenvalue weighted by molar-refractivity contribution is 0.0743. The topological polar surface area (TPSA) is 67.8 Å². The third-order valence-electron chi connectivity index (χ3n) is 8.54. The van der Waals surface area contributed by atoms with E-state index in [9.17, 15) is 4.79 Å². The summed E-state index contributed by atoms with van der Waals surface area (Å²) >= 11 is 1.91. The lowest BCUT2D eigenvalue weighted by Crippen LogP contribution is -2.49. The average Bonchev–Trinajstić information content (AvgIpc) is 3.17. The van der Waals surface area contributed by atoms with Crippen molar-refractivity contribution in [1.82, 2.24) is 14.9 Å². The Morgan fingerprint density at radius 1 is 0.921 bits per heavy atom. The molecule has 2 aliphatic carbocycles. The normalized spacial score (nSPS) is 18.8. The fourth-order valence-corrected chi connectivity index (χ4v) is 7.63. The highest BCUT2D eigenvalue weighted by molar-refractivity contribution is 7.19. The molecule has 3 aliphatic rings. The lowest BCUT2D eigenvalue weighted by atomic mass is 9.88. The van der Waals surface area contributed by atoms with Gasteiger partial charge in [-0.15, -0.1) is 11.3 Å². The minimum Gasteiger partial charge on any atom is -0.497 e. The van der Waals surface area contributed by atoms with Crippen molar-refractivity contribution in [3.63, 3.8) is 0 Å². The summed E-state index contributed by atoms with van der Waals surface area (Å²) in [7, 11) is 3.21. The number of rotatable bonds is 5. The average molecular weight is 535 g/mol. The van der Waals surface area contributed by atoms with Crippen LogP contribution in [0.5, 0.6) is 11.5 Å². The molecule has 1 saturated carbocycles. The van der Waals surface area contributed by atoms with Crippen LogP contribution in [0.15, 0.2) is 18.2 Å². The minimum absolute atomic E-state index is 0.00397. The Balaban J connectivity index is 1.29. The van der Waals surface area contributed by atoms with Crippen molar-refractivity contribution in [1.29, 1.82) is 0 Å². The van der Waals surface area contributed by atoms with Gasteiger partial charge in [-0.05, 0) is 56.2 Å². The summed E-state index contributed by atoms with van der Waals surface area (Å²) in [4.78, 5) is 31.0. The summed E-state index contributed by atoms with van der Waals surface area (Å²) < 4.78 is 10.8. The highest BCUT2D eigenvalue weighted by Crippen LogP contribution is 2.41. The second kappa shape index (κ2) is 11.1. The van der Waals surface area contributed by atoms with Crippen molar-refractivity contribution in [3.05, 3.63) is 40.0 Å². The molecule has 3 aromatic rings. The number of hydrogen-bond acceptors (Lipinski definition) is 7. The van der Waals surface area contributed by atoms with Crippen LogP contribution >= 0.6 is 11.3 Å². The van der Waals surface area contributed by atoms with Gasteiger partial charge in [-0.3, -0.25) is 4.79 Å². The van der Waals surface area contributed by atoms with E-state index in [2.05, 4.69) is 4.90 Å². The number of hydrogen-bond donors (Lipinski definition) is 0. The molecular weight excluding hydrogens is 496 g/mol. The van der Waals surface area contributed by atoms with Gasteiger partial charge in [0, 0.05) is 43.0 Å². The molecule has 2 fully saturated rings. The molecule has 3 heterocycles. The summed E-state index contributed by atoms with van der Waals surface area (Å²) in [6.07, 6.45) is 12.4. The van der Waals surface area contributed by atoms with E-state index in [-0.39, 0.29) is 5.91 Å². The Morgan fingerprint density at radius 2 is 1.68 bits per heavy atom.